The van der Waals surface area contributed by atoms with Crippen molar-refractivity contribution < 1.29 is 17.9 Å². The summed E-state index contributed by atoms with van der Waals surface area (Å²) in [7, 11) is -2.16. The molecule has 0 aliphatic heterocycles. The molecular weight excluding hydrogens is 412 g/mol. The van der Waals surface area contributed by atoms with Gasteiger partial charge in [0.15, 0.2) is 6.61 Å². The van der Waals surface area contributed by atoms with Gasteiger partial charge in [0.05, 0.1) is 10.6 Å². The monoisotopic (exact) mass is 438 g/mol. The number of sulfonamides is 1. The highest BCUT2D eigenvalue weighted by Gasteiger charge is 2.21. The fourth-order valence-corrected chi connectivity index (χ4v) is 4.24. The Bertz CT molecular complexity index is 1170. The van der Waals surface area contributed by atoms with E-state index in [4.69, 9.17) is 4.74 Å². The van der Waals surface area contributed by atoms with Gasteiger partial charge in [-0.3, -0.25) is 9.10 Å². The van der Waals surface area contributed by atoms with Crippen molar-refractivity contribution >= 4 is 27.3 Å². The molecule has 3 rings (SSSR count). The number of hydrogen-bond acceptors (Lipinski definition) is 4. The van der Waals surface area contributed by atoms with Crippen LogP contribution in [0, 0.1) is 20.8 Å². The maximum absolute atomic E-state index is 12.8. The standard InChI is InChI=1S/C24H26N2O4S/c1-17-5-12-22(13-6-17)31(28,29)26(4)20-8-10-21(11-9-20)30-16-24(27)25-23-14-7-18(2)15-19(23)3/h5-15H,16H2,1-4H3,(H,25,27). The first kappa shape index (κ1) is 22.4. The molecule has 3 aromatic carbocycles. The van der Waals surface area contributed by atoms with Gasteiger partial charge in [0.1, 0.15) is 5.75 Å². The van der Waals surface area contributed by atoms with Crippen molar-refractivity contribution in [2.75, 3.05) is 23.3 Å². The molecular formula is C24H26N2O4S. The zero-order chi connectivity index (χ0) is 22.6. The number of aryl methyl sites for hydroxylation is 3. The van der Waals surface area contributed by atoms with Crippen LogP contribution >= 0.6 is 0 Å². The van der Waals surface area contributed by atoms with Crippen molar-refractivity contribution in [2.45, 2.75) is 25.7 Å². The van der Waals surface area contributed by atoms with Crippen LogP contribution in [-0.2, 0) is 14.8 Å². The van der Waals surface area contributed by atoms with E-state index in [1.165, 1.54) is 11.4 Å². The summed E-state index contributed by atoms with van der Waals surface area (Å²) in [6.45, 7) is 5.68. The minimum Gasteiger partial charge on any atom is -0.484 e. The lowest BCUT2D eigenvalue weighted by atomic mass is 10.1. The van der Waals surface area contributed by atoms with E-state index >= 15 is 0 Å². The SMILES string of the molecule is Cc1ccc(S(=O)(=O)N(C)c2ccc(OCC(=O)Nc3ccc(C)cc3C)cc2)cc1. The van der Waals surface area contributed by atoms with E-state index < -0.39 is 10.0 Å². The summed E-state index contributed by atoms with van der Waals surface area (Å²) in [5.41, 5.74) is 4.34. The van der Waals surface area contributed by atoms with Gasteiger partial charge in [-0.25, -0.2) is 8.42 Å². The van der Waals surface area contributed by atoms with Gasteiger partial charge in [-0.2, -0.15) is 0 Å². The van der Waals surface area contributed by atoms with Crippen molar-refractivity contribution in [1.29, 1.82) is 0 Å². The Kier molecular flexibility index (Phi) is 6.65. The van der Waals surface area contributed by atoms with Gasteiger partial charge in [0.25, 0.3) is 15.9 Å². The number of rotatable bonds is 7. The van der Waals surface area contributed by atoms with Crippen molar-refractivity contribution in [3.63, 3.8) is 0 Å². The highest BCUT2D eigenvalue weighted by Crippen LogP contribution is 2.24. The maximum Gasteiger partial charge on any atom is 0.264 e. The summed E-state index contributed by atoms with van der Waals surface area (Å²) < 4.78 is 32.4. The van der Waals surface area contributed by atoms with Crippen LogP contribution in [0.25, 0.3) is 0 Å². The Morgan fingerprint density at radius 1 is 0.903 bits per heavy atom. The third-order valence-electron chi connectivity index (χ3n) is 4.91. The molecule has 0 atom stereocenters. The van der Waals surface area contributed by atoms with Crippen molar-refractivity contribution in [3.05, 3.63) is 83.4 Å². The molecule has 0 unspecified atom stereocenters. The number of hydrogen-bond donors (Lipinski definition) is 1. The number of anilines is 2. The number of nitrogens with one attached hydrogen (secondary N) is 1. The first-order valence-electron chi connectivity index (χ1n) is 9.82. The van der Waals surface area contributed by atoms with Crippen LogP contribution < -0.4 is 14.4 Å². The maximum atomic E-state index is 12.8. The number of nitrogens with zero attached hydrogens (tertiary/aromatic N) is 1. The van der Waals surface area contributed by atoms with E-state index in [-0.39, 0.29) is 17.4 Å². The predicted molar refractivity (Wildman–Crippen MR) is 123 cm³/mol. The van der Waals surface area contributed by atoms with Crippen LogP contribution in [-0.4, -0.2) is 28.0 Å². The number of benzene rings is 3. The molecule has 3 aromatic rings. The average molecular weight is 439 g/mol. The molecule has 0 spiro atoms. The molecule has 162 valence electrons. The topological polar surface area (TPSA) is 75.7 Å². The lowest BCUT2D eigenvalue weighted by Crippen LogP contribution is -2.26. The Morgan fingerprint density at radius 2 is 1.52 bits per heavy atom. The van der Waals surface area contributed by atoms with Gasteiger partial charge in [0, 0.05) is 12.7 Å². The molecule has 0 fully saturated rings. The number of carbonyl (C=O) groups is 1. The lowest BCUT2D eigenvalue weighted by Gasteiger charge is -2.20. The number of amides is 1. The zero-order valence-corrected chi connectivity index (χ0v) is 18.9. The molecule has 0 radical (unpaired) electrons. The molecule has 0 aliphatic carbocycles. The Hall–Kier alpha value is -3.32. The predicted octanol–water partition coefficient (Wildman–Crippen LogP) is 4.45. The fraction of sp³-hybridized carbons (Fsp3) is 0.208. The zero-order valence-electron chi connectivity index (χ0n) is 18.0. The molecule has 31 heavy (non-hydrogen) atoms. The molecule has 1 amide bonds. The molecule has 0 saturated carbocycles. The van der Waals surface area contributed by atoms with E-state index in [0.29, 0.717) is 11.4 Å². The van der Waals surface area contributed by atoms with Crippen molar-refractivity contribution in [3.8, 4) is 5.75 Å². The number of carbonyl (C=O) groups excluding carboxylic acids is 1. The van der Waals surface area contributed by atoms with E-state index in [2.05, 4.69) is 5.32 Å². The summed E-state index contributed by atoms with van der Waals surface area (Å²) in [5, 5.41) is 2.83. The molecule has 1 N–H and O–H groups in total. The quantitative estimate of drug-likeness (QED) is 0.591. The normalized spacial score (nSPS) is 11.1. The van der Waals surface area contributed by atoms with Crippen LogP contribution in [0.2, 0.25) is 0 Å². The summed E-state index contributed by atoms with van der Waals surface area (Å²) in [5.74, 6) is 0.204. The summed E-state index contributed by atoms with van der Waals surface area (Å²) in [6, 6.07) is 19.1. The minimum atomic E-state index is -3.66. The summed E-state index contributed by atoms with van der Waals surface area (Å²) in [6.07, 6.45) is 0. The van der Waals surface area contributed by atoms with Crippen LogP contribution in [0.15, 0.2) is 71.6 Å². The van der Waals surface area contributed by atoms with Crippen LogP contribution in [0.1, 0.15) is 16.7 Å². The molecule has 0 bridgehead atoms. The average Bonchev–Trinajstić information content (AvgIpc) is 2.74. The van der Waals surface area contributed by atoms with Gasteiger partial charge in [0.2, 0.25) is 0 Å². The molecule has 6 nitrogen and oxygen atoms in total. The first-order chi connectivity index (χ1) is 14.7. The van der Waals surface area contributed by atoms with Crippen LogP contribution in [0.5, 0.6) is 5.75 Å². The minimum absolute atomic E-state index is 0.149. The van der Waals surface area contributed by atoms with Gasteiger partial charge in [-0.05, 0) is 68.8 Å². The van der Waals surface area contributed by atoms with E-state index in [1.807, 2.05) is 39.0 Å². The first-order valence-corrected chi connectivity index (χ1v) is 11.3. The third-order valence-corrected chi connectivity index (χ3v) is 6.71. The highest BCUT2D eigenvalue weighted by atomic mass is 32.2. The third kappa shape index (κ3) is 5.44. The molecule has 0 heterocycles. The highest BCUT2D eigenvalue weighted by molar-refractivity contribution is 7.92. The van der Waals surface area contributed by atoms with Gasteiger partial charge in [-0.1, -0.05) is 35.4 Å². The molecule has 0 saturated heterocycles. The smallest absolute Gasteiger partial charge is 0.264 e. The van der Waals surface area contributed by atoms with Crippen LogP contribution in [0.3, 0.4) is 0 Å². The molecule has 0 aliphatic rings. The number of ether oxygens (including phenoxy) is 1. The Balaban J connectivity index is 1.62. The largest absolute Gasteiger partial charge is 0.484 e. The second kappa shape index (κ2) is 9.22. The second-order valence-corrected chi connectivity index (χ2v) is 9.40. The van der Waals surface area contributed by atoms with E-state index in [9.17, 15) is 13.2 Å². The summed E-state index contributed by atoms with van der Waals surface area (Å²) >= 11 is 0. The molecule has 0 aromatic heterocycles. The lowest BCUT2D eigenvalue weighted by molar-refractivity contribution is -0.118. The van der Waals surface area contributed by atoms with Crippen molar-refractivity contribution in [2.24, 2.45) is 0 Å². The van der Waals surface area contributed by atoms with E-state index in [1.54, 1.807) is 48.5 Å². The van der Waals surface area contributed by atoms with Crippen molar-refractivity contribution in [1.82, 2.24) is 0 Å². The fourth-order valence-electron chi connectivity index (χ4n) is 3.05. The van der Waals surface area contributed by atoms with Gasteiger partial charge >= 0.3 is 0 Å². The van der Waals surface area contributed by atoms with E-state index in [0.717, 1.165) is 22.4 Å². The van der Waals surface area contributed by atoms with Gasteiger partial charge in [-0.15, -0.1) is 0 Å². The summed E-state index contributed by atoms with van der Waals surface area (Å²) in [4.78, 5) is 12.4. The second-order valence-electron chi connectivity index (χ2n) is 7.43. The van der Waals surface area contributed by atoms with Gasteiger partial charge < -0.3 is 10.1 Å². The molecule has 7 heteroatoms. The Morgan fingerprint density at radius 3 is 2.13 bits per heavy atom. The Labute approximate surface area is 183 Å². The van der Waals surface area contributed by atoms with Crippen LogP contribution in [0.4, 0.5) is 11.4 Å².